The highest BCUT2D eigenvalue weighted by Crippen LogP contribution is 2.81. The Bertz CT molecular complexity index is 3890. The fraction of sp³-hybridized carbons (Fsp3) is 0.247. The SMILES string of the molecule is C=S(c1ccccc1)(c1ccccc1)(c1ccccc1)c1ccc2c(c1)C1(C)CCCCC1(C)N2c1cc2c3c(c1)N(c1ccc4c(c1)CC(C)(C)C4)c1cc4c(cc1B3c1ccccc1N2c1ccccc1)CC(C)(C)C4. The predicted molar refractivity (Wildman–Crippen MR) is 333 cm³/mol. The molecule has 1 saturated carbocycles. The Balaban J connectivity index is 1.03. The zero-order valence-corrected chi connectivity index (χ0v) is 47.1. The van der Waals surface area contributed by atoms with Crippen molar-refractivity contribution in [3.8, 4) is 0 Å². The molecule has 6 aliphatic rings. The first kappa shape index (κ1) is 47.8. The Morgan fingerprint density at radius 2 is 0.923 bits per heavy atom. The lowest BCUT2D eigenvalue weighted by atomic mass is 9.33. The monoisotopic (exact) mass is 1030 g/mol. The molecule has 3 aliphatic carbocycles. The second kappa shape index (κ2) is 16.6. The molecule has 0 saturated heterocycles. The van der Waals surface area contributed by atoms with Gasteiger partial charge in [-0.05, 0) is 223 Å². The predicted octanol–water partition coefficient (Wildman–Crippen LogP) is 17.1. The van der Waals surface area contributed by atoms with E-state index in [4.69, 9.17) is 5.87 Å². The third-order valence-electron chi connectivity index (χ3n) is 20.1. The molecule has 0 radical (unpaired) electrons. The summed E-state index contributed by atoms with van der Waals surface area (Å²) >= 11 is 0. The molecule has 15 rings (SSSR count). The van der Waals surface area contributed by atoms with Crippen molar-refractivity contribution in [2.75, 3.05) is 14.7 Å². The normalized spacial score (nSPS) is 21.3. The summed E-state index contributed by atoms with van der Waals surface area (Å²) in [5.41, 5.74) is 21.8. The Labute approximate surface area is 463 Å². The summed E-state index contributed by atoms with van der Waals surface area (Å²) in [7, 11) is -3.23. The van der Waals surface area contributed by atoms with E-state index in [1.165, 1.54) is 122 Å². The minimum absolute atomic E-state index is 0.0528. The molecule has 1 fully saturated rings. The topological polar surface area (TPSA) is 9.72 Å². The highest BCUT2D eigenvalue weighted by atomic mass is 32.3. The van der Waals surface area contributed by atoms with E-state index in [1.54, 1.807) is 0 Å². The van der Waals surface area contributed by atoms with Crippen molar-refractivity contribution in [2.45, 2.75) is 123 Å². The summed E-state index contributed by atoms with van der Waals surface area (Å²) in [6.07, 6.45) is 8.97. The second-order valence-electron chi connectivity index (χ2n) is 26.0. The number of benzene rings is 9. The first-order valence-corrected chi connectivity index (χ1v) is 31.0. The van der Waals surface area contributed by atoms with Crippen LogP contribution in [0.1, 0.15) is 95.0 Å². The van der Waals surface area contributed by atoms with Gasteiger partial charge >= 0.3 is 0 Å². The molecule has 2 unspecified atom stereocenters. The van der Waals surface area contributed by atoms with Gasteiger partial charge in [-0.3, -0.25) is 0 Å². The molecule has 2 atom stereocenters. The van der Waals surface area contributed by atoms with E-state index < -0.39 is 8.75 Å². The molecule has 9 aromatic carbocycles. The van der Waals surface area contributed by atoms with Crippen LogP contribution in [0.15, 0.2) is 226 Å². The second-order valence-corrected chi connectivity index (χ2v) is 30.3. The van der Waals surface area contributed by atoms with E-state index in [-0.39, 0.29) is 28.5 Å². The van der Waals surface area contributed by atoms with Crippen LogP contribution in [0.3, 0.4) is 0 Å². The van der Waals surface area contributed by atoms with Crippen LogP contribution in [0.2, 0.25) is 0 Å². The van der Waals surface area contributed by atoms with Crippen molar-refractivity contribution in [1.29, 1.82) is 0 Å². The van der Waals surface area contributed by atoms with Gasteiger partial charge in [0.2, 0.25) is 0 Å². The molecule has 3 heterocycles. The highest BCUT2D eigenvalue weighted by Gasteiger charge is 2.59. The van der Waals surface area contributed by atoms with Crippen LogP contribution in [0, 0.1) is 10.8 Å². The molecule has 9 aromatic rings. The molecule has 0 spiro atoms. The number of hydrogen-bond acceptors (Lipinski definition) is 3. The Kier molecular flexibility index (Phi) is 10.2. The zero-order chi connectivity index (χ0) is 53.0. The van der Waals surface area contributed by atoms with Gasteiger partial charge in [0.1, 0.15) is 0 Å². The molecule has 0 bridgehead atoms. The van der Waals surface area contributed by atoms with Crippen LogP contribution >= 0.6 is 8.75 Å². The quantitative estimate of drug-likeness (QED) is 0.116. The summed E-state index contributed by atoms with van der Waals surface area (Å²) in [6, 6.07) is 79.9. The van der Waals surface area contributed by atoms with E-state index >= 15 is 0 Å². The van der Waals surface area contributed by atoms with Crippen molar-refractivity contribution >= 4 is 83.2 Å². The van der Waals surface area contributed by atoms with Crippen LogP contribution in [-0.4, -0.2) is 18.1 Å². The van der Waals surface area contributed by atoms with Gasteiger partial charge in [0.15, 0.2) is 0 Å². The molecular formula is C73H70BN3S. The van der Waals surface area contributed by atoms with Gasteiger partial charge in [-0.2, -0.15) is 8.75 Å². The molecule has 5 heteroatoms. The van der Waals surface area contributed by atoms with Crippen LogP contribution in [0.25, 0.3) is 0 Å². The first-order valence-electron chi connectivity index (χ1n) is 28.8. The number of hydrogen-bond donors (Lipinski definition) is 0. The standard InChI is InChI=1S/C73H70BN3S/c1-70(2)46-50-34-35-55(40-51(50)47-70)76-66-42-53-49-71(3,4)48-52(53)41-63(66)74-62-32-20-21-33-65(62)75(54-24-12-8-13-25-54)67-43-56(44-68(76)69(67)74)77-64-37-36-60(45-61(64)72(5)38-22-23-39-73(72,77)6)78(7,57-26-14-9-15-27-57,58-28-16-10-17-29-58)59-30-18-11-19-31-59/h8-21,24-37,40-45H,7,22-23,38-39,46-49H2,1-6H3. The van der Waals surface area contributed by atoms with E-state index in [0.29, 0.717) is 0 Å². The van der Waals surface area contributed by atoms with E-state index in [1.807, 2.05) is 0 Å². The van der Waals surface area contributed by atoms with Crippen molar-refractivity contribution in [2.24, 2.45) is 10.8 Å². The van der Waals surface area contributed by atoms with Crippen LogP contribution in [-0.2, 0) is 31.1 Å². The Morgan fingerprint density at radius 1 is 0.397 bits per heavy atom. The summed E-state index contributed by atoms with van der Waals surface area (Å²) < 4.78 is 0. The molecule has 3 aliphatic heterocycles. The molecule has 78 heavy (non-hydrogen) atoms. The zero-order valence-electron chi connectivity index (χ0n) is 46.3. The minimum Gasteiger partial charge on any atom is -0.334 e. The summed E-state index contributed by atoms with van der Waals surface area (Å²) in [6.45, 7) is 15.1. The average Bonchev–Trinajstić information content (AvgIpc) is 3.16. The average molecular weight is 1030 g/mol. The first-order chi connectivity index (χ1) is 37.7. The van der Waals surface area contributed by atoms with Crippen molar-refractivity contribution in [1.82, 2.24) is 0 Å². The number of fused-ring (bicyclic) bond motifs is 9. The van der Waals surface area contributed by atoms with Gasteiger partial charge in [0, 0.05) is 50.9 Å². The van der Waals surface area contributed by atoms with Crippen LogP contribution in [0.5, 0.6) is 0 Å². The number of nitrogens with zero attached hydrogens (tertiary/aromatic N) is 3. The maximum absolute atomic E-state index is 5.67. The molecular weight excluding hydrogens is 962 g/mol. The molecule has 0 N–H and O–H groups in total. The van der Waals surface area contributed by atoms with Gasteiger partial charge in [-0.1, -0.05) is 156 Å². The summed E-state index contributed by atoms with van der Waals surface area (Å²) in [4.78, 5) is 13.2. The van der Waals surface area contributed by atoms with Crippen LogP contribution < -0.4 is 31.1 Å². The molecule has 3 nitrogen and oxygen atoms in total. The minimum atomic E-state index is -3.23. The van der Waals surface area contributed by atoms with Gasteiger partial charge in [0.25, 0.3) is 6.71 Å². The Hall–Kier alpha value is -7.34. The lowest BCUT2D eigenvalue weighted by molar-refractivity contribution is 0.195. The third-order valence-corrected chi connectivity index (χ3v) is 25.3. The maximum atomic E-state index is 5.67. The van der Waals surface area contributed by atoms with E-state index in [2.05, 4.69) is 262 Å². The van der Waals surface area contributed by atoms with E-state index in [0.717, 1.165) is 38.5 Å². The number of rotatable bonds is 7. The fourth-order valence-corrected chi connectivity index (χ4v) is 21.0. The molecule has 0 amide bonds. The summed E-state index contributed by atoms with van der Waals surface area (Å²) in [5, 5.41) is 0. The highest BCUT2D eigenvalue weighted by molar-refractivity contribution is 8.46. The van der Waals surface area contributed by atoms with Crippen molar-refractivity contribution in [3.63, 3.8) is 0 Å². The number of anilines is 8. The maximum Gasteiger partial charge on any atom is 0.252 e. The molecule has 386 valence electrons. The van der Waals surface area contributed by atoms with E-state index in [9.17, 15) is 0 Å². The van der Waals surface area contributed by atoms with Gasteiger partial charge in [-0.25, -0.2) is 0 Å². The van der Waals surface area contributed by atoms with Crippen molar-refractivity contribution < 1.29 is 0 Å². The van der Waals surface area contributed by atoms with Gasteiger partial charge in [0.05, 0.1) is 5.54 Å². The largest absolute Gasteiger partial charge is 0.334 e. The van der Waals surface area contributed by atoms with Gasteiger partial charge in [-0.15, -0.1) is 0 Å². The fourth-order valence-electron chi connectivity index (χ4n) is 16.3. The van der Waals surface area contributed by atoms with Gasteiger partial charge < -0.3 is 14.7 Å². The lowest BCUT2D eigenvalue weighted by Crippen LogP contribution is -2.61. The number of para-hydroxylation sites is 2. The summed E-state index contributed by atoms with van der Waals surface area (Å²) in [5.74, 6) is 5.67. The smallest absolute Gasteiger partial charge is 0.252 e. The lowest BCUT2D eigenvalue weighted by Gasteiger charge is -2.52. The molecule has 0 aromatic heterocycles. The Morgan fingerprint density at radius 3 is 1.55 bits per heavy atom. The van der Waals surface area contributed by atoms with Crippen LogP contribution in [0.4, 0.5) is 45.5 Å². The third kappa shape index (κ3) is 6.52. The van der Waals surface area contributed by atoms with Crippen molar-refractivity contribution in [3.05, 3.63) is 234 Å².